The van der Waals surface area contributed by atoms with E-state index in [0.29, 0.717) is 5.76 Å². The fourth-order valence-corrected chi connectivity index (χ4v) is 2.39. The van der Waals surface area contributed by atoms with Crippen molar-refractivity contribution in [1.82, 2.24) is 0 Å². The standard InChI is InChI=1S/C16H19NO/c1-6-11-12-7-10(2)8-13(16(3,4)5)15(12)18-14(11)9-17/h7-8H,6H2,1-5H3. The second-order valence-corrected chi connectivity index (χ2v) is 5.81. The number of furan rings is 1. The van der Waals surface area contributed by atoms with Crippen molar-refractivity contribution in [2.24, 2.45) is 0 Å². The lowest BCUT2D eigenvalue weighted by Gasteiger charge is -2.19. The highest BCUT2D eigenvalue weighted by Crippen LogP contribution is 2.35. The molecule has 2 rings (SSSR count). The Labute approximate surface area is 108 Å². The van der Waals surface area contributed by atoms with Gasteiger partial charge in [0.15, 0.2) is 0 Å². The second-order valence-electron chi connectivity index (χ2n) is 5.81. The number of fused-ring (bicyclic) bond motifs is 1. The Morgan fingerprint density at radius 3 is 2.44 bits per heavy atom. The van der Waals surface area contributed by atoms with E-state index in [2.05, 4.69) is 52.8 Å². The van der Waals surface area contributed by atoms with Crippen LogP contribution >= 0.6 is 0 Å². The zero-order chi connectivity index (χ0) is 13.5. The molecule has 0 fully saturated rings. The van der Waals surface area contributed by atoms with Gasteiger partial charge in [0.05, 0.1) is 0 Å². The van der Waals surface area contributed by atoms with Gasteiger partial charge in [-0.05, 0) is 30.4 Å². The van der Waals surface area contributed by atoms with Crippen LogP contribution in [0, 0.1) is 18.3 Å². The molecule has 2 aromatic rings. The fourth-order valence-electron chi connectivity index (χ4n) is 2.39. The average Bonchev–Trinajstić information content (AvgIpc) is 2.63. The molecular weight excluding hydrogens is 222 g/mol. The second kappa shape index (κ2) is 4.17. The van der Waals surface area contributed by atoms with Gasteiger partial charge >= 0.3 is 0 Å². The van der Waals surface area contributed by atoms with Gasteiger partial charge in [-0.3, -0.25) is 0 Å². The number of nitriles is 1. The molecule has 0 N–H and O–H groups in total. The van der Waals surface area contributed by atoms with E-state index in [-0.39, 0.29) is 5.41 Å². The largest absolute Gasteiger partial charge is 0.445 e. The summed E-state index contributed by atoms with van der Waals surface area (Å²) in [5, 5.41) is 10.3. The Kier molecular flexibility index (Phi) is 2.94. The van der Waals surface area contributed by atoms with Crippen LogP contribution in [0.15, 0.2) is 16.5 Å². The molecule has 0 unspecified atom stereocenters. The molecule has 0 aliphatic heterocycles. The predicted molar refractivity (Wildman–Crippen MR) is 73.7 cm³/mol. The molecule has 0 saturated carbocycles. The van der Waals surface area contributed by atoms with Crippen LogP contribution in [0.1, 0.15) is 50.1 Å². The van der Waals surface area contributed by atoms with Gasteiger partial charge in [0, 0.05) is 16.5 Å². The topological polar surface area (TPSA) is 36.9 Å². The third-order valence-electron chi connectivity index (χ3n) is 3.30. The highest BCUT2D eigenvalue weighted by Gasteiger charge is 2.23. The molecule has 0 amide bonds. The molecule has 1 aromatic carbocycles. The summed E-state index contributed by atoms with van der Waals surface area (Å²) in [6.45, 7) is 10.7. The Balaban J connectivity index is 2.91. The number of aryl methyl sites for hydroxylation is 2. The van der Waals surface area contributed by atoms with E-state index in [4.69, 9.17) is 9.68 Å². The molecule has 0 bridgehead atoms. The van der Waals surface area contributed by atoms with Crippen LogP contribution in [-0.4, -0.2) is 0 Å². The third kappa shape index (κ3) is 1.90. The summed E-state index contributed by atoms with van der Waals surface area (Å²) in [7, 11) is 0. The van der Waals surface area contributed by atoms with Gasteiger partial charge in [-0.2, -0.15) is 5.26 Å². The molecule has 2 nitrogen and oxygen atoms in total. The van der Waals surface area contributed by atoms with Gasteiger partial charge in [0.1, 0.15) is 11.7 Å². The molecule has 0 aliphatic carbocycles. The molecule has 1 aromatic heterocycles. The monoisotopic (exact) mass is 241 g/mol. The van der Waals surface area contributed by atoms with Crippen molar-refractivity contribution < 1.29 is 4.42 Å². The van der Waals surface area contributed by atoms with Gasteiger partial charge in [0.25, 0.3) is 0 Å². The van der Waals surface area contributed by atoms with Crippen LogP contribution in [0.4, 0.5) is 0 Å². The van der Waals surface area contributed by atoms with Crippen molar-refractivity contribution in [2.45, 2.75) is 46.5 Å². The van der Waals surface area contributed by atoms with Crippen molar-refractivity contribution in [3.05, 3.63) is 34.6 Å². The maximum Gasteiger partial charge on any atom is 0.207 e. The summed E-state index contributed by atoms with van der Waals surface area (Å²) in [6, 6.07) is 6.45. The molecular formula is C16H19NO. The normalized spacial score (nSPS) is 11.8. The van der Waals surface area contributed by atoms with E-state index in [9.17, 15) is 0 Å². The van der Waals surface area contributed by atoms with Crippen LogP contribution in [-0.2, 0) is 11.8 Å². The molecule has 2 heteroatoms. The maximum atomic E-state index is 9.17. The van der Waals surface area contributed by atoms with Crippen molar-refractivity contribution in [3.63, 3.8) is 0 Å². The van der Waals surface area contributed by atoms with Crippen molar-refractivity contribution in [1.29, 1.82) is 5.26 Å². The van der Waals surface area contributed by atoms with E-state index in [0.717, 1.165) is 23.0 Å². The predicted octanol–water partition coefficient (Wildman–Crippen LogP) is 4.47. The van der Waals surface area contributed by atoms with Crippen LogP contribution in [0.25, 0.3) is 11.0 Å². The number of benzene rings is 1. The van der Waals surface area contributed by atoms with Gasteiger partial charge in [0.2, 0.25) is 5.76 Å². The lowest BCUT2D eigenvalue weighted by Crippen LogP contribution is -2.11. The number of hydrogen-bond acceptors (Lipinski definition) is 2. The molecule has 0 radical (unpaired) electrons. The molecule has 0 spiro atoms. The zero-order valence-electron chi connectivity index (χ0n) is 11.7. The van der Waals surface area contributed by atoms with E-state index in [1.807, 2.05) is 0 Å². The van der Waals surface area contributed by atoms with Crippen LogP contribution in [0.2, 0.25) is 0 Å². The highest BCUT2D eigenvalue weighted by atomic mass is 16.3. The summed E-state index contributed by atoms with van der Waals surface area (Å²) in [4.78, 5) is 0. The van der Waals surface area contributed by atoms with E-state index in [1.54, 1.807) is 0 Å². The zero-order valence-corrected chi connectivity index (χ0v) is 11.7. The molecule has 18 heavy (non-hydrogen) atoms. The Hall–Kier alpha value is -1.75. The van der Waals surface area contributed by atoms with Crippen LogP contribution < -0.4 is 0 Å². The lowest BCUT2D eigenvalue weighted by molar-refractivity contribution is 0.550. The SMILES string of the molecule is CCc1c(C#N)oc2c(C(C)(C)C)cc(C)cc12. The Morgan fingerprint density at radius 2 is 1.94 bits per heavy atom. The molecule has 1 heterocycles. The lowest BCUT2D eigenvalue weighted by atomic mass is 9.84. The first-order valence-electron chi connectivity index (χ1n) is 6.35. The molecule has 94 valence electrons. The summed E-state index contributed by atoms with van der Waals surface area (Å²) in [5.41, 5.74) is 4.31. The van der Waals surface area contributed by atoms with Crippen LogP contribution in [0.5, 0.6) is 0 Å². The minimum atomic E-state index is 0.0138. The fraction of sp³-hybridized carbons (Fsp3) is 0.438. The Bertz CT molecular complexity index is 636. The number of hydrogen-bond donors (Lipinski definition) is 0. The summed E-state index contributed by atoms with van der Waals surface area (Å²) in [6.07, 6.45) is 0.822. The maximum absolute atomic E-state index is 9.17. The molecule has 0 atom stereocenters. The molecule has 0 aliphatic rings. The summed E-state index contributed by atoms with van der Waals surface area (Å²) >= 11 is 0. The minimum absolute atomic E-state index is 0.0138. The van der Waals surface area contributed by atoms with Crippen molar-refractivity contribution in [2.75, 3.05) is 0 Å². The molecule has 0 saturated heterocycles. The smallest absolute Gasteiger partial charge is 0.207 e. The van der Waals surface area contributed by atoms with Gasteiger partial charge < -0.3 is 4.42 Å². The quantitative estimate of drug-likeness (QED) is 0.738. The van der Waals surface area contributed by atoms with E-state index in [1.165, 1.54) is 11.1 Å². The average molecular weight is 241 g/mol. The first-order chi connectivity index (χ1) is 8.38. The van der Waals surface area contributed by atoms with Gasteiger partial charge in [-0.15, -0.1) is 0 Å². The summed E-state index contributed by atoms with van der Waals surface area (Å²) < 4.78 is 5.79. The first kappa shape index (κ1) is 12.7. The summed E-state index contributed by atoms with van der Waals surface area (Å²) in [5.74, 6) is 0.462. The van der Waals surface area contributed by atoms with Crippen LogP contribution in [0.3, 0.4) is 0 Å². The highest BCUT2D eigenvalue weighted by molar-refractivity contribution is 5.87. The number of rotatable bonds is 1. The van der Waals surface area contributed by atoms with Crippen molar-refractivity contribution >= 4 is 11.0 Å². The number of nitrogens with zero attached hydrogens (tertiary/aromatic N) is 1. The van der Waals surface area contributed by atoms with E-state index >= 15 is 0 Å². The minimum Gasteiger partial charge on any atom is -0.445 e. The van der Waals surface area contributed by atoms with Gasteiger partial charge in [-0.25, -0.2) is 0 Å². The Morgan fingerprint density at radius 1 is 1.28 bits per heavy atom. The first-order valence-corrected chi connectivity index (χ1v) is 6.35. The van der Waals surface area contributed by atoms with E-state index < -0.39 is 0 Å². The van der Waals surface area contributed by atoms with Crippen molar-refractivity contribution in [3.8, 4) is 6.07 Å². The third-order valence-corrected chi connectivity index (χ3v) is 3.30. The van der Waals surface area contributed by atoms with Gasteiger partial charge in [-0.1, -0.05) is 33.8 Å².